The molecule has 4 rings (SSSR count). The van der Waals surface area contributed by atoms with Crippen LogP contribution in [-0.4, -0.2) is 36.2 Å². The molecule has 3 fully saturated rings. The Bertz CT molecular complexity index is 808. The van der Waals surface area contributed by atoms with Crippen molar-refractivity contribution in [1.29, 1.82) is 0 Å². The molecule has 2 saturated heterocycles. The fourth-order valence-corrected chi connectivity index (χ4v) is 6.67. The topological polar surface area (TPSA) is 59.6 Å². The van der Waals surface area contributed by atoms with Gasteiger partial charge in [0.05, 0.1) is 18.2 Å². The molecule has 0 unspecified atom stereocenters. The Labute approximate surface area is 187 Å². The van der Waals surface area contributed by atoms with Gasteiger partial charge in [-0.25, -0.2) is 0 Å². The summed E-state index contributed by atoms with van der Waals surface area (Å²) in [5.74, 6) is 2.60. The molecule has 172 valence electrons. The van der Waals surface area contributed by atoms with Gasteiger partial charge in [0, 0.05) is 36.6 Å². The van der Waals surface area contributed by atoms with Crippen LogP contribution in [0.1, 0.15) is 72.5 Å². The molecule has 3 aliphatic rings. The van der Waals surface area contributed by atoms with Crippen LogP contribution in [0.4, 0.5) is 0 Å². The van der Waals surface area contributed by atoms with E-state index in [1.807, 2.05) is 6.07 Å². The number of para-hydroxylation sites is 1. The summed E-state index contributed by atoms with van der Waals surface area (Å²) < 4.78 is 12.7. The average molecular weight is 429 g/mol. The van der Waals surface area contributed by atoms with Crippen molar-refractivity contribution in [3.8, 4) is 5.75 Å². The van der Waals surface area contributed by atoms with Gasteiger partial charge >= 0.3 is 0 Å². The highest BCUT2D eigenvalue weighted by Crippen LogP contribution is 2.57. The van der Waals surface area contributed by atoms with Crippen molar-refractivity contribution in [2.24, 2.45) is 23.7 Å². The van der Waals surface area contributed by atoms with Crippen molar-refractivity contribution in [2.45, 2.75) is 84.0 Å². The van der Waals surface area contributed by atoms with E-state index < -0.39 is 0 Å². The second-order valence-corrected chi connectivity index (χ2v) is 11.0. The van der Waals surface area contributed by atoms with Gasteiger partial charge in [-0.2, -0.15) is 0 Å². The third kappa shape index (κ3) is 4.11. The second-order valence-electron chi connectivity index (χ2n) is 11.0. The third-order valence-corrected chi connectivity index (χ3v) is 8.01. The molecular weight excluding hydrogens is 388 g/mol. The number of amides is 1. The van der Waals surface area contributed by atoms with Gasteiger partial charge in [0.25, 0.3) is 0 Å². The summed E-state index contributed by atoms with van der Waals surface area (Å²) in [5.41, 5.74) is 0.953. The van der Waals surface area contributed by atoms with Crippen LogP contribution in [0, 0.1) is 23.7 Å². The maximum Gasteiger partial charge on any atom is 0.217 e. The molecule has 0 radical (unpaired) electrons. The second kappa shape index (κ2) is 8.40. The van der Waals surface area contributed by atoms with E-state index in [9.17, 15) is 4.79 Å². The van der Waals surface area contributed by atoms with Crippen molar-refractivity contribution in [3.05, 3.63) is 29.8 Å². The van der Waals surface area contributed by atoms with Crippen LogP contribution in [0.15, 0.2) is 24.3 Å². The van der Waals surface area contributed by atoms with E-state index in [0.717, 1.165) is 30.6 Å². The number of piperidine rings is 1. The Hall–Kier alpha value is -1.59. The zero-order chi connectivity index (χ0) is 22.4. The van der Waals surface area contributed by atoms with Gasteiger partial charge in [-0.1, -0.05) is 32.0 Å². The zero-order valence-corrected chi connectivity index (χ0v) is 20.0. The van der Waals surface area contributed by atoms with E-state index in [1.165, 1.54) is 0 Å². The number of fused-ring (bicyclic) bond motifs is 4. The smallest absolute Gasteiger partial charge is 0.217 e. The number of carbonyl (C=O) groups excluding carboxylic acids is 1. The Morgan fingerprint density at radius 1 is 1.26 bits per heavy atom. The number of rotatable bonds is 5. The average Bonchev–Trinajstić information content (AvgIpc) is 2.69. The zero-order valence-electron chi connectivity index (χ0n) is 20.0. The quantitative estimate of drug-likeness (QED) is 0.726. The lowest BCUT2D eigenvalue weighted by atomic mass is 9.52. The minimum absolute atomic E-state index is 0.0606. The molecule has 1 aliphatic carbocycles. The summed E-state index contributed by atoms with van der Waals surface area (Å²) in [7, 11) is 0. The highest BCUT2D eigenvalue weighted by Gasteiger charge is 2.61. The third-order valence-electron chi connectivity index (χ3n) is 8.01. The monoisotopic (exact) mass is 428 g/mol. The number of carbonyl (C=O) groups is 1. The van der Waals surface area contributed by atoms with Crippen LogP contribution in [0.25, 0.3) is 0 Å². The molecule has 1 aromatic rings. The summed E-state index contributed by atoms with van der Waals surface area (Å²) in [6.45, 7) is 14.3. The van der Waals surface area contributed by atoms with Crippen LogP contribution in [0.2, 0.25) is 0 Å². The lowest BCUT2D eigenvalue weighted by Gasteiger charge is -2.63. The molecule has 2 N–H and O–H groups in total. The van der Waals surface area contributed by atoms with E-state index in [1.54, 1.807) is 6.92 Å². The van der Waals surface area contributed by atoms with Gasteiger partial charge in [0.2, 0.25) is 5.91 Å². The van der Waals surface area contributed by atoms with Gasteiger partial charge in [0.1, 0.15) is 5.75 Å². The fraction of sp³-hybridized carbons (Fsp3) is 0.731. The van der Waals surface area contributed by atoms with Crippen LogP contribution in [-0.2, 0) is 9.53 Å². The lowest BCUT2D eigenvalue weighted by Crippen LogP contribution is -2.73. The molecule has 1 saturated carbocycles. The number of hydrogen-bond acceptors (Lipinski definition) is 4. The molecule has 5 heteroatoms. The first kappa shape index (κ1) is 22.6. The normalized spacial score (nSPS) is 36.5. The van der Waals surface area contributed by atoms with Crippen molar-refractivity contribution in [2.75, 3.05) is 13.2 Å². The summed E-state index contributed by atoms with van der Waals surface area (Å²) in [6.07, 6.45) is 2.98. The van der Waals surface area contributed by atoms with Crippen molar-refractivity contribution in [3.63, 3.8) is 0 Å². The van der Waals surface area contributed by atoms with Gasteiger partial charge in [-0.05, 0) is 63.9 Å². The standard InChI is InChI=1S/C26H40N2O3/c1-16(2)15-31-23-10-8-7-9-20(23)24-22-14-19-13-21(17(3)27-25(19,5)6)26(22,11-12-30-24)28-18(4)29/h7-10,16-17,19,21-22,24,27H,11-15H2,1-6H3,(H,28,29)/t17-,19-,21+,22+,24+,26+/m1/s1. The number of ether oxygens (including phenoxy) is 2. The Morgan fingerprint density at radius 3 is 2.68 bits per heavy atom. The van der Waals surface area contributed by atoms with Crippen LogP contribution in [0.3, 0.4) is 0 Å². The SMILES string of the molecule is CC(=O)N[C@]12CCO[C@@H](c3ccccc3OCC(C)C)[C@@H]1C[C@H]1C[C@H]2[C@@H](C)NC1(C)C. The Balaban J connectivity index is 1.75. The summed E-state index contributed by atoms with van der Waals surface area (Å²) in [5, 5.41) is 7.35. The minimum atomic E-state index is -0.251. The molecule has 2 heterocycles. The van der Waals surface area contributed by atoms with Gasteiger partial charge < -0.3 is 20.1 Å². The van der Waals surface area contributed by atoms with Crippen LogP contribution in [0.5, 0.6) is 5.75 Å². The Morgan fingerprint density at radius 2 is 1.97 bits per heavy atom. The predicted octanol–water partition coefficient (Wildman–Crippen LogP) is 4.47. The molecule has 2 bridgehead atoms. The van der Waals surface area contributed by atoms with Gasteiger partial charge in [-0.3, -0.25) is 4.79 Å². The largest absolute Gasteiger partial charge is 0.493 e. The van der Waals surface area contributed by atoms with Crippen LogP contribution < -0.4 is 15.4 Å². The maximum atomic E-state index is 12.4. The number of hydrogen-bond donors (Lipinski definition) is 2. The van der Waals surface area contributed by atoms with E-state index in [4.69, 9.17) is 9.47 Å². The van der Waals surface area contributed by atoms with Gasteiger partial charge in [0.15, 0.2) is 0 Å². The molecule has 5 nitrogen and oxygen atoms in total. The molecule has 0 aromatic heterocycles. The van der Waals surface area contributed by atoms with E-state index in [-0.39, 0.29) is 29.0 Å². The number of nitrogens with one attached hydrogen (secondary N) is 2. The first-order chi connectivity index (χ1) is 14.6. The van der Waals surface area contributed by atoms with E-state index in [2.05, 4.69) is 63.5 Å². The highest BCUT2D eigenvalue weighted by molar-refractivity contribution is 5.74. The molecular formula is C26H40N2O3. The van der Waals surface area contributed by atoms with E-state index >= 15 is 0 Å². The van der Waals surface area contributed by atoms with E-state index in [0.29, 0.717) is 37.0 Å². The molecule has 31 heavy (non-hydrogen) atoms. The molecule has 1 amide bonds. The summed E-state index contributed by atoms with van der Waals surface area (Å²) in [6, 6.07) is 8.67. The highest BCUT2D eigenvalue weighted by atomic mass is 16.5. The molecule has 0 spiro atoms. The summed E-state index contributed by atoms with van der Waals surface area (Å²) >= 11 is 0. The first-order valence-electron chi connectivity index (χ1n) is 12.0. The molecule has 6 atom stereocenters. The molecule has 1 aromatic carbocycles. The molecule has 2 aliphatic heterocycles. The number of benzene rings is 1. The Kier molecular flexibility index (Phi) is 6.12. The first-order valence-corrected chi connectivity index (χ1v) is 12.0. The van der Waals surface area contributed by atoms with Crippen molar-refractivity contribution < 1.29 is 14.3 Å². The van der Waals surface area contributed by atoms with Crippen molar-refractivity contribution >= 4 is 5.91 Å². The maximum absolute atomic E-state index is 12.4. The van der Waals surface area contributed by atoms with Crippen molar-refractivity contribution in [1.82, 2.24) is 10.6 Å². The lowest BCUT2D eigenvalue weighted by molar-refractivity contribution is -0.161. The van der Waals surface area contributed by atoms with Gasteiger partial charge in [-0.15, -0.1) is 0 Å². The minimum Gasteiger partial charge on any atom is -0.493 e. The fourth-order valence-electron chi connectivity index (χ4n) is 6.67. The predicted molar refractivity (Wildman–Crippen MR) is 123 cm³/mol. The summed E-state index contributed by atoms with van der Waals surface area (Å²) in [4.78, 5) is 12.4. The van der Waals surface area contributed by atoms with Crippen LogP contribution >= 0.6 is 0 Å².